The summed E-state index contributed by atoms with van der Waals surface area (Å²) in [7, 11) is 0. The molecule has 6 heteroatoms. The van der Waals surface area contributed by atoms with E-state index in [-0.39, 0.29) is 23.3 Å². The number of alkyl halides is 3. The molecule has 184 valence electrons. The molecule has 3 aromatic rings. The standard InChI is InChI=1S/C29H30F3NO2/c30-29(31,32)35-26-15-8-7-14-25(26)24-16-18-28(34-21-24)17-9-19-33(20-22-10-3-1-4-11-22)27(28)23-12-5-2-6-13-23/h1-8,10-15,24,27H,9,16-21H2/t24-,27?,28?/m1/s1. The van der Waals surface area contributed by atoms with Crippen molar-refractivity contribution < 1.29 is 22.6 Å². The highest BCUT2D eigenvalue weighted by Gasteiger charge is 2.49. The molecule has 2 unspecified atom stereocenters. The van der Waals surface area contributed by atoms with Crippen LogP contribution in [0.2, 0.25) is 0 Å². The van der Waals surface area contributed by atoms with E-state index in [4.69, 9.17) is 4.74 Å². The van der Waals surface area contributed by atoms with Crippen LogP contribution in [0.1, 0.15) is 54.3 Å². The zero-order valence-electron chi connectivity index (χ0n) is 19.6. The summed E-state index contributed by atoms with van der Waals surface area (Å²) < 4.78 is 50.0. The van der Waals surface area contributed by atoms with Crippen LogP contribution in [0.25, 0.3) is 0 Å². The highest BCUT2D eigenvalue weighted by Crippen LogP contribution is 2.50. The molecule has 2 fully saturated rings. The molecule has 2 aliphatic rings. The summed E-state index contributed by atoms with van der Waals surface area (Å²) in [4.78, 5) is 2.51. The summed E-state index contributed by atoms with van der Waals surface area (Å²) in [6.45, 7) is 2.18. The Morgan fingerprint density at radius 1 is 0.886 bits per heavy atom. The van der Waals surface area contributed by atoms with Crippen molar-refractivity contribution in [1.82, 2.24) is 4.90 Å². The van der Waals surface area contributed by atoms with E-state index < -0.39 is 6.36 Å². The summed E-state index contributed by atoms with van der Waals surface area (Å²) in [5, 5.41) is 0. The van der Waals surface area contributed by atoms with Crippen molar-refractivity contribution >= 4 is 0 Å². The van der Waals surface area contributed by atoms with Crippen LogP contribution in [0.15, 0.2) is 84.9 Å². The van der Waals surface area contributed by atoms with Gasteiger partial charge in [-0.15, -0.1) is 13.2 Å². The first-order chi connectivity index (χ1) is 16.9. The third kappa shape index (κ3) is 5.39. The van der Waals surface area contributed by atoms with Crippen molar-refractivity contribution in [3.8, 4) is 5.75 Å². The minimum atomic E-state index is -4.72. The monoisotopic (exact) mass is 481 g/mol. The average Bonchev–Trinajstić information content (AvgIpc) is 2.85. The van der Waals surface area contributed by atoms with Crippen molar-refractivity contribution in [1.29, 1.82) is 0 Å². The van der Waals surface area contributed by atoms with Gasteiger partial charge in [0.25, 0.3) is 0 Å². The minimum Gasteiger partial charge on any atom is -0.405 e. The molecule has 0 aliphatic carbocycles. The molecular weight excluding hydrogens is 451 g/mol. The van der Waals surface area contributed by atoms with Crippen LogP contribution < -0.4 is 4.74 Å². The molecular formula is C29H30F3NO2. The van der Waals surface area contributed by atoms with Crippen LogP contribution in [0.4, 0.5) is 13.2 Å². The fourth-order valence-corrected chi connectivity index (χ4v) is 5.85. The molecule has 0 aromatic heterocycles. The average molecular weight is 482 g/mol. The lowest BCUT2D eigenvalue weighted by atomic mass is 9.73. The van der Waals surface area contributed by atoms with Gasteiger partial charge in [0.05, 0.1) is 18.2 Å². The predicted octanol–water partition coefficient (Wildman–Crippen LogP) is 7.26. The second-order valence-corrected chi connectivity index (χ2v) is 9.57. The lowest BCUT2D eigenvalue weighted by molar-refractivity contribution is -0.275. The SMILES string of the molecule is FC(F)(F)Oc1ccccc1[C@@H]1CCC2(CCCN(Cc3ccccc3)C2c2ccccc2)OC1. The van der Waals surface area contributed by atoms with Gasteiger partial charge in [0.15, 0.2) is 0 Å². The van der Waals surface area contributed by atoms with Gasteiger partial charge in [-0.3, -0.25) is 4.90 Å². The highest BCUT2D eigenvalue weighted by molar-refractivity contribution is 5.37. The van der Waals surface area contributed by atoms with Gasteiger partial charge >= 0.3 is 6.36 Å². The Morgan fingerprint density at radius 2 is 1.57 bits per heavy atom. The van der Waals surface area contributed by atoms with E-state index in [0.29, 0.717) is 12.2 Å². The molecule has 0 bridgehead atoms. The number of nitrogens with zero attached hydrogens (tertiary/aromatic N) is 1. The Labute approximate surface area is 204 Å². The van der Waals surface area contributed by atoms with E-state index in [1.165, 1.54) is 17.2 Å². The first kappa shape index (κ1) is 23.9. The number of ether oxygens (including phenoxy) is 2. The molecule has 0 N–H and O–H groups in total. The fourth-order valence-electron chi connectivity index (χ4n) is 5.85. The van der Waals surface area contributed by atoms with Crippen LogP contribution in [0.3, 0.4) is 0 Å². The van der Waals surface area contributed by atoms with Crippen LogP contribution >= 0.6 is 0 Å². The van der Waals surface area contributed by atoms with Gasteiger partial charge in [-0.2, -0.15) is 0 Å². The van der Waals surface area contributed by atoms with Gasteiger partial charge in [0.2, 0.25) is 0 Å². The predicted molar refractivity (Wildman–Crippen MR) is 129 cm³/mol. The quantitative estimate of drug-likeness (QED) is 0.383. The van der Waals surface area contributed by atoms with Crippen molar-refractivity contribution in [3.05, 3.63) is 102 Å². The number of piperidine rings is 1. The Hall–Kier alpha value is -2.83. The number of para-hydroxylation sites is 1. The fraction of sp³-hybridized carbons (Fsp3) is 0.379. The van der Waals surface area contributed by atoms with Crippen LogP contribution in [-0.2, 0) is 11.3 Å². The largest absolute Gasteiger partial charge is 0.573 e. The maximum Gasteiger partial charge on any atom is 0.573 e. The summed E-state index contributed by atoms with van der Waals surface area (Å²) in [5.74, 6) is -0.265. The van der Waals surface area contributed by atoms with Gasteiger partial charge in [-0.25, -0.2) is 0 Å². The zero-order valence-corrected chi connectivity index (χ0v) is 19.6. The van der Waals surface area contributed by atoms with E-state index in [0.717, 1.165) is 38.8 Å². The molecule has 2 saturated heterocycles. The Kier molecular flexibility index (Phi) is 6.85. The van der Waals surface area contributed by atoms with Gasteiger partial charge < -0.3 is 9.47 Å². The molecule has 3 atom stereocenters. The maximum absolute atomic E-state index is 13.0. The first-order valence-electron chi connectivity index (χ1n) is 12.3. The van der Waals surface area contributed by atoms with E-state index in [9.17, 15) is 13.2 Å². The van der Waals surface area contributed by atoms with E-state index >= 15 is 0 Å². The topological polar surface area (TPSA) is 21.7 Å². The number of benzene rings is 3. The Balaban J connectivity index is 1.40. The molecule has 3 nitrogen and oxygen atoms in total. The van der Waals surface area contributed by atoms with Gasteiger partial charge in [0, 0.05) is 12.5 Å². The summed E-state index contributed by atoms with van der Waals surface area (Å²) in [6.07, 6.45) is -1.23. The number of hydrogen-bond donors (Lipinski definition) is 0. The summed E-state index contributed by atoms with van der Waals surface area (Å²) >= 11 is 0. The van der Waals surface area contributed by atoms with Gasteiger partial charge in [-0.1, -0.05) is 78.9 Å². The second-order valence-electron chi connectivity index (χ2n) is 9.57. The van der Waals surface area contributed by atoms with Crippen LogP contribution in [-0.4, -0.2) is 30.0 Å². The van der Waals surface area contributed by atoms with Gasteiger partial charge in [0.1, 0.15) is 5.75 Å². The second kappa shape index (κ2) is 10.0. The normalized spacial score (nSPS) is 25.5. The molecule has 0 radical (unpaired) electrons. The summed E-state index contributed by atoms with van der Waals surface area (Å²) in [5.41, 5.74) is 2.68. The number of rotatable bonds is 5. The van der Waals surface area contributed by atoms with Crippen molar-refractivity contribution in [2.75, 3.05) is 13.2 Å². The molecule has 0 amide bonds. The third-order valence-electron chi connectivity index (χ3n) is 7.33. The smallest absolute Gasteiger partial charge is 0.405 e. The Morgan fingerprint density at radius 3 is 2.26 bits per heavy atom. The van der Waals surface area contributed by atoms with Crippen LogP contribution in [0, 0.1) is 0 Å². The molecule has 0 saturated carbocycles. The zero-order chi connectivity index (χ0) is 24.3. The van der Waals surface area contributed by atoms with Crippen molar-refractivity contribution in [2.45, 2.75) is 56.2 Å². The maximum atomic E-state index is 13.0. The van der Waals surface area contributed by atoms with E-state index in [1.54, 1.807) is 18.2 Å². The van der Waals surface area contributed by atoms with Crippen molar-refractivity contribution in [3.63, 3.8) is 0 Å². The molecule has 5 rings (SSSR count). The minimum absolute atomic E-state index is 0.0836. The lowest BCUT2D eigenvalue weighted by Gasteiger charge is -2.53. The molecule has 2 aliphatic heterocycles. The number of hydrogen-bond acceptors (Lipinski definition) is 3. The first-order valence-corrected chi connectivity index (χ1v) is 12.3. The summed E-state index contributed by atoms with van der Waals surface area (Å²) in [6, 6.07) is 27.5. The van der Waals surface area contributed by atoms with E-state index in [2.05, 4.69) is 58.2 Å². The Bertz CT molecular complexity index is 1100. The van der Waals surface area contributed by atoms with Crippen LogP contribution in [0.5, 0.6) is 5.75 Å². The van der Waals surface area contributed by atoms with E-state index in [1.807, 2.05) is 12.1 Å². The molecule has 3 aromatic carbocycles. The molecule has 2 heterocycles. The lowest BCUT2D eigenvalue weighted by Crippen LogP contribution is -2.54. The highest BCUT2D eigenvalue weighted by atomic mass is 19.4. The number of halogens is 3. The third-order valence-corrected chi connectivity index (χ3v) is 7.33. The molecule has 35 heavy (non-hydrogen) atoms. The van der Waals surface area contributed by atoms with Gasteiger partial charge in [-0.05, 0) is 55.0 Å². The molecule has 1 spiro atoms. The van der Waals surface area contributed by atoms with Crippen molar-refractivity contribution in [2.24, 2.45) is 0 Å². The number of likely N-dealkylation sites (tertiary alicyclic amines) is 1.